The summed E-state index contributed by atoms with van der Waals surface area (Å²) in [5.74, 6) is -0.457. The highest BCUT2D eigenvalue weighted by Gasteiger charge is 2.23. The van der Waals surface area contributed by atoms with E-state index >= 15 is 0 Å². The smallest absolute Gasteiger partial charge is 0.292 e. The Kier molecular flexibility index (Phi) is 3.67. The van der Waals surface area contributed by atoms with Gasteiger partial charge in [-0.1, -0.05) is 12.1 Å². The molecule has 0 saturated heterocycles. The summed E-state index contributed by atoms with van der Waals surface area (Å²) in [5, 5.41) is 13.8. The maximum Gasteiger partial charge on any atom is 0.292 e. The molecule has 0 radical (unpaired) electrons. The largest absolute Gasteiger partial charge is 0.374 e. The number of nitro groups is 1. The van der Waals surface area contributed by atoms with Crippen LogP contribution in [0, 0.1) is 10.1 Å². The van der Waals surface area contributed by atoms with E-state index in [-0.39, 0.29) is 12.1 Å². The highest BCUT2D eigenvalue weighted by atomic mass is 16.6. The van der Waals surface area contributed by atoms with E-state index in [1.807, 2.05) is 0 Å². The van der Waals surface area contributed by atoms with Gasteiger partial charge in [0, 0.05) is 18.0 Å². The van der Waals surface area contributed by atoms with Crippen LogP contribution in [0.5, 0.6) is 0 Å². The average molecular weight is 237 g/mol. The van der Waals surface area contributed by atoms with Crippen molar-refractivity contribution in [1.82, 2.24) is 0 Å². The Morgan fingerprint density at radius 2 is 2.06 bits per heavy atom. The first kappa shape index (κ1) is 13.0. The molecule has 1 amide bonds. The van der Waals surface area contributed by atoms with Crippen LogP contribution in [0.1, 0.15) is 20.3 Å². The normalized spacial score (nSPS) is 10.9. The SMILES string of the molecule is CC(C)(CC(N)=O)Nc1ccccc1[N+](=O)[O-]. The van der Waals surface area contributed by atoms with Gasteiger partial charge >= 0.3 is 0 Å². The van der Waals surface area contributed by atoms with Gasteiger partial charge in [0.15, 0.2) is 0 Å². The fourth-order valence-electron chi connectivity index (χ4n) is 1.58. The molecule has 0 atom stereocenters. The lowest BCUT2D eigenvalue weighted by Crippen LogP contribution is -2.36. The lowest BCUT2D eigenvalue weighted by atomic mass is 9.99. The molecule has 1 aromatic rings. The van der Waals surface area contributed by atoms with Crippen molar-refractivity contribution in [3.8, 4) is 0 Å². The number of hydrogen-bond donors (Lipinski definition) is 2. The Morgan fingerprint density at radius 3 is 2.59 bits per heavy atom. The van der Waals surface area contributed by atoms with Crippen LogP contribution in [0.25, 0.3) is 0 Å². The molecule has 0 aromatic heterocycles. The van der Waals surface area contributed by atoms with Gasteiger partial charge in [-0.2, -0.15) is 0 Å². The molecule has 17 heavy (non-hydrogen) atoms. The van der Waals surface area contributed by atoms with E-state index in [9.17, 15) is 14.9 Å². The van der Waals surface area contributed by atoms with E-state index in [0.29, 0.717) is 5.69 Å². The third kappa shape index (κ3) is 3.75. The number of anilines is 1. The summed E-state index contributed by atoms with van der Waals surface area (Å²) in [4.78, 5) is 21.2. The number of nitrogens with one attached hydrogen (secondary N) is 1. The number of amides is 1. The second-order valence-corrected chi connectivity index (χ2v) is 4.43. The molecular weight excluding hydrogens is 222 g/mol. The predicted molar refractivity (Wildman–Crippen MR) is 64.6 cm³/mol. The molecule has 0 spiro atoms. The zero-order chi connectivity index (χ0) is 13.1. The number of para-hydroxylation sites is 2. The van der Waals surface area contributed by atoms with Crippen molar-refractivity contribution in [2.75, 3.05) is 5.32 Å². The summed E-state index contributed by atoms with van der Waals surface area (Å²) in [5.41, 5.74) is 4.85. The number of benzene rings is 1. The molecule has 1 rings (SSSR count). The van der Waals surface area contributed by atoms with Gasteiger partial charge in [-0.15, -0.1) is 0 Å². The highest BCUT2D eigenvalue weighted by molar-refractivity contribution is 5.76. The second kappa shape index (κ2) is 4.82. The fraction of sp³-hybridized carbons (Fsp3) is 0.364. The Balaban J connectivity index is 2.95. The molecule has 0 aliphatic heterocycles. The van der Waals surface area contributed by atoms with E-state index in [1.165, 1.54) is 6.07 Å². The van der Waals surface area contributed by atoms with Gasteiger partial charge in [-0.3, -0.25) is 14.9 Å². The molecule has 3 N–H and O–H groups in total. The van der Waals surface area contributed by atoms with Crippen molar-refractivity contribution >= 4 is 17.3 Å². The van der Waals surface area contributed by atoms with Crippen LogP contribution in [-0.4, -0.2) is 16.4 Å². The van der Waals surface area contributed by atoms with E-state index in [1.54, 1.807) is 32.0 Å². The summed E-state index contributed by atoms with van der Waals surface area (Å²) >= 11 is 0. The fourth-order valence-corrected chi connectivity index (χ4v) is 1.58. The van der Waals surface area contributed by atoms with E-state index in [0.717, 1.165) is 0 Å². The molecule has 6 heteroatoms. The van der Waals surface area contributed by atoms with Gasteiger partial charge < -0.3 is 11.1 Å². The number of nitro benzene ring substituents is 1. The van der Waals surface area contributed by atoms with Crippen LogP contribution in [-0.2, 0) is 4.79 Å². The van der Waals surface area contributed by atoms with Gasteiger partial charge in [0.25, 0.3) is 5.69 Å². The minimum absolute atomic E-state index is 0.0231. The van der Waals surface area contributed by atoms with Gasteiger partial charge in [0.1, 0.15) is 5.69 Å². The first-order valence-corrected chi connectivity index (χ1v) is 5.12. The molecule has 92 valence electrons. The number of carbonyl (C=O) groups excluding carboxylic acids is 1. The van der Waals surface area contributed by atoms with Crippen molar-refractivity contribution in [1.29, 1.82) is 0 Å². The number of rotatable bonds is 5. The van der Waals surface area contributed by atoms with Crippen molar-refractivity contribution < 1.29 is 9.72 Å². The lowest BCUT2D eigenvalue weighted by Gasteiger charge is -2.25. The maximum atomic E-state index is 10.9. The summed E-state index contributed by atoms with van der Waals surface area (Å²) in [6.07, 6.45) is 0.0963. The van der Waals surface area contributed by atoms with E-state index in [2.05, 4.69) is 5.32 Å². The monoisotopic (exact) mass is 237 g/mol. The summed E-state index contributed by atoms with van der Waals surface area (Å²) in [6, 6.07) is 6.28. The van der Waals surface area contributed by atoms with Crippen molar-refractivity contribution in [3.05, 3.63) is 34.4 Å². The molecule has 6 nitrogen and oxygen atoms in total. The quantitative estimate of drug-likeness (QED) is 0.601. The van der Waals surface area contributed by atoms with Gasteiger partial charge in [-0.25, -0.2) is 0 Å². The molecular formula is C11H15N3O3. The Labute approximate surface area is 99.0 Å². The highest BCUT2D eigenvalue weighted by Crippen LogP contribution is 2.27. The van der Waals surface area contributed by atoms with Crippen molar-refractivity contribution in [3.63, 3.8) is 0 Å². The first-order chi connectivity index (χ1) is 7.82. The molecule has 0 fully saturated rings. The molecule has 1 aromatic carbocycles. The lowest BCUT2D eigenvalue weighted by molar-refractivity contribution is -0.384. The minimum Gasteiger partial charge on any atom is -0.374 e. The van der Waals surface area contributed by atoms with Gasteiger partial charge in [0.05, 0.1) is 4.92 Å². The summed E-state index contributed by atoms with van der Waals surface area (Å²) in [6.45, 7) is 3.52. The maximum absolute atomic E-state index is 10.9. The minimum atomic E-state index is -0.627. The van der Waals surface area contributed by atoms with Crippen LogP contribution in [0.15, 0.2) is 24.3 Å². The van der Waals surface area contributed by atoms with E-state index in [4.69, 9.17) is 5.73 Å². The zero-order valence-electron chi connectivity index (χ0n) is 9.77. The molecule has 0 heterocycles. The van der Waals surface area contributed by atoms with E-state index < -0.39 is 16.4 Å². The van der Waals surface area contributed by atoms with Crippen LogP contribution >= 0.6 is 0 Å². The predicted octanol–water partition coefficient (Wildman–Crippen LogP) is 1.66. The number of carbonyl (C=O) groups is 1. The van der Waals surface area contributed by atoms with Crippen molar-refractivity contribution in [2.45, 2.75) is 25.8 Å². The third-order valence-electron chi connectivity index (χ3n) is 2.19. The molecule has 0 saturated carbocycles. The number of nitrogens with zero attached hydrogens (tertiary/aromatic N) is 1. The zero-order valence-corrected chi connectivity index (χ0v) is 9.77. The Hall–Kier alpha value is -2.11. The average Bonchev–Trinajstić information content (AvgIpc) is 2.14. The number of nitrogens with two attached hydrogens (primary N) is 1. The van der Waals surface area contributed by atoms with Crippen LogP contribution in [0.3, 0.4) is 0 Å². The summed E-state index contributed by atoms with van der Waals surface area (Å²) < 4.78 is 0. The van der Waals surface area contributed by atoms with Crippen LogP contribution in [0.2, 0.25) is 0 Å². The first-order valence-electron chi connectivity index (χ1n) is 5.12. The Morgan fingerprint density at radius 1 is 1.47 bits per heavy atom. The van der Waals surface area contributed by atoms with Crippen LogP contribution < -0.4 is 11.1 Å². The molecule has 0 unspecified atom stereocenters. The molecule has 0 bridgehead atoms. The van der Waals surface area contributed by atoms with Gasteiger partial charge in [0.2, 0.25) is 5.91 Å². The standard InChI is InChI=1S/C11H15N3O3/c1-11(2,7-10(12)15)13-8-5-3-4-6-9(8)14(16)17/h3-6,13H,7H2,1-2H3,(H2,12,15). The summed E-state index contributed by atoms with van der Waals surface area (Å²) in [7, 11) is 0. The number of primary amides is 1. The third-order valence-corrected chi connectivity index (χ3v) is 2.19. The topological polar surface area (TPSA) is 98.3 Å². The van der Waals surface area contributed by atoms with Crippen molar-refractivity contribution in [2.24, 2.45) is 5.73 Å². The number of hydrogen-bond acceptors (Lipinski definition) is 4. The van der Waals surface area contributed by atoms with Gasteiger partial charge in [-0.05, 0) is 19.9 Å². The van der Waals surface area contributed by atoms with Crippen LogP contribution in [0.4, 0.5) is 11.4 Å². The molecule has 0 aliphatic carbocycles. The Bertz CT molecular complexity index is 443. The second-order valence-electron chi connectivity index (χ2n) is 4.43. The molecule has 0 aliphatic rings.